The highest BCUT2D eigenvalue weighted by molar-refractivity contribution is 5.50. The molecule has 6 heteroatoms. The number of rotatable bonds is 3. The second kappa shape index (κ2) is 5.98. The lowest BCUT2D eigenvalue weighted by Crippen LogP contribution is -2.40. The first-order valence-electron chi connectivity index (χ1n) is 7.89. The number of aryl methyl sites for hydroxylation is 1. The van der Waals surface area contributed by atoms with Crippen molar-refractivity contribution >= 4 is 0 Å². The largest absolute Gasteiger partial charge is 0.454 e. The van der Waals surface area contributed by atoms with E-state index in [0.717, 1.165) is 11.1 Å². The lowest BCUT2D eigenvalue weighted by molar-refractivity contribution is 0.174. The molecule has 0 fully saturated rings. The van der Waals surface area contributed by atoms with Crippen molar-refractivity contribution in [1.82, 2.24) is 9.13 Å². The van der Waals surface area contributed by atoms with Crippen molar-refractivity contribution < 1.29 is 9.47 Å². The fraction of sp³-hybridized carbons (Fsp3) is 0.158. The molecule has 6 nitrogen and oxygen atoms in total. The number of hydrogen-bond donors (Lipinski definition) is 0. The van der Waals surface area contributed by atoms with Crippen LogP contribution in [0.4, 0.5) is 0 Å². The van der Waals surface area contributed by atoms with E-state index in [1.165, 1.54) is 9.13 Å². The number of fused-ring (bicyclic) bond motifs is 1. The van der Waals surface area contributed by atoms with Crippen molar-refractivity contribution in [3.8, 4) is 17.2 Å². The summed E-state index contributed by atoms with van der Waals surface area (Å²) in [4.78, 5) is 24.9. The normalized spacial score (nSPS) is 12.4. The lowest BCUT2D eigenvalue weighted by Gasteiger charge is -2.10. The molecule has 0 spiro atoms. The first-order valence-corrected chi connectivity index (χ1v) is 7.89. The van der Waals surface area contributed by atoms with E-state index >= 15 is 0 Å². The Kier molecular flexibility index (Phi) is 3.65. The minimum atomic E-state index is -0.603. The van der Waals surface area contributed by atoms with Gasteiger partial charge in [-0.05, 0) is 24.6 Å². The van der Waals surface area contributed by atoms with Gasteiger partial charge in [0.25, 0.3) is 0 Å². The van der Waals surface area contributed by atoms with Gasteiger partial charge >= 0.3 is 11.1 Å². The Morgan fingerprint density at radius 3 is 2.48 bits per heavy atom. The van der Waals surface area contributed by atoms with Crippen molar-refractivity contribution in [2.45, 2.75) is 13.5 Å². The van der Waals surface area contributed by atoms with Gasteiger partial charge in [0.2, 0.25) is 6.79 Å². The van der Waals surface area contributed by atoms with E-state index in [0.29, 0.717) is 23.7 Å². The van der Waals surface area contributed by atoms with Gasteiger partial charge in [-0.15, -0.1) is 0 Å². The molecule has 0 radical (unpaired) electrons. The van der Waals surface area contributed by atoms with Crippen LogP contribution in [0.3, 0.4) is 0 Å². The predicted octanol–water partition coefficient (Wildman–Crippen LogP) is 2.08. The smallest absolute Gasteiger partial charge is 0.320 e. The summed E-state index contributed by atoms with van der Waals surface area (Å²) in [5, 5.41) is 0. The summed E-state index contributed by atoms with van der Waals surface area (Å²) in [7, 11) is 0. The Balaban J connectivity index is 1.70. The summed E-state index contributed by atoms with van der Waals surface area (Å²) in [5.41, 5.74) is 1.50. The number of hydrogen-bond acceptors (Lipinski definition) is 4. The molecule has 4 rings (SSSR count). The first-order chi connectivity index (χ1) is 12.1. The van der Waals surface area contributed by atoms with E-state index in [-0.39, 0.29) is 6.79 Å². The molecule has 0 aliphatic carbocycles. The van der Waals surface area contributed by atoms with E-state index in [4.69, 9.17) is 9.47 Å². The second-order valence-corrected chi connectivity index (χ2v) is 5.93. The molecule has 0 atom stereocenters. The van der Waals surface area contributed by atoms with E-state index in [1.807, 2.05) is 31.2 Å². The van der Waals surface area contributed by atoms with Crippen molar-refractivity contribution in [1.29, 1.82) is 0 Å². The van der Waals surface area contributed by atoms with Crippen LogP contribution in [0.1, 0.15) is 11.1 Å². The lowest BCUT2D eigenvalue weighted by atomic mass is 10.1. The fourth-order valence-electron chi connectivity index (χ4n) is 2.76. The number of ether oxygens (including phenoxy) is 2. The molecule has 0 amide bonds. The van der Waals surface area contributed by atoms with Crippen molar-refractivity contribution in [3.63, 3.8) is 0 Å². The summed E-state index contributed by atoms with van der Waals surface area (Å²) in [6, 6.07) is 13.0. The molecule has 25 heavy (non-hydrogen) atoms. The Labute approximate surface area is 143 Å². The maximum atomic E-state index is 12.5. The zero-order valence-electron chi connectivity index (χ0n) is 13.6. The SMILES string of the molecule is Cc1ccc(Cn2ccn(-c3ccc4c(c3)OCO4)c(=O)c2=O)cc1. The maximum Gasteiger partial charge on any atom is 0.320 e. The molecule has 2 aromatic carbocycles. The topological polar surface area (TPSA) is 62.5 Å². The summed E-state index contributed by atoms with van der Waals surface area (Å²) < 4.78 is 13.3. The molecule has 0 saturated heterocycles. The van der Waals surface area contributed by atoms with Crippen LogP contribution in [0.5, 0.6) is 11.5 Å². The molecule has 1 aliphatic heterocycles. The standard InChI is InChI=1S/C19H16N2O4/c1-13-2-4-14(5-3-13)11-20-8-9-21(19(23)18(20)22)15-6-7-16-17(10-15)25-12-24-16/h2-10H,11-12H2,1H3. The van der Waals surface area contributed by atoms with Crippen LogP contribution in [0.15, 0.2) is 64.4 Å². The Morgan fingerprint density at radius 1 is 0.920 bits per heavy atom. The van der Waals surface area contributed by atoms with Crippen molar-refractivity contribution in [3.05, 3.63) is 86.7 Å². The average Bonchev–Trinajstić information content (AvgIpc) is 3.09. The molecular weight excluding hydrogens is 320 g/mol. The van der Waals surface area contributed by atoms with Crippen LogP contribution in [-0.2, 0) is 6.54 Å². The van der Waals surface area contributed by atoms with Gasteiger partial charge in [-0.2, -0.15) is 0 Å². The van der Waals surface area contributed by atoms with Crippen LogP contribution >= 0.6 is 0 Å². The van der Waals surface area contributed by atoms with Gasteiger partial charge < -0.3 is 14.0 Å². The number of benzene rings is 2. The molecule has 0 bridgehead atoms. The van der Waals surface area contributed by atoms with E-state index in [9.17, 15) is 9.59 Å². The summed E-state index contributed by atoms with van der Waals surface area (Å²) in [6.07, 6.45) is 3.21. The highest BCUT2D eigenvalue weighted by Gasteiger charge is 2.15. The van der Waals surface area contributed by atoms with Crippen molar-refractivity contribution in [2.24, 2.45) is 0 Å². The maximum absolute atomic E-state index is 12.5. The molecule has 126 valence electrons. The molecule has 3 aromatic rings. The third kappa shape index (κ3) is 2.82. The van der Waals surface area contributed by atoms with E-state index in [2.05, 4.69) is 0 Å². The highest BCUT2D eigenvalue weighted by Crippen LogP contribution is 2.33. The Hall–Kier alpha value is -3.28. The van der Waals surface area contributed by atoms with Crippen LogP contribution < -0.4 is 20.6 Å². The summed E-state index contributed by atoms with van der Waals surface area (Å²) >= 11 is 0. The highest BCUT2D eigenvalue weighted by atomic mass is 16.7. The van der Waals surface area contributed by atoms with Crippen LogP contribution in [0.25, 0.3) is 5.69 Å². The Morgan fingerprint density at radius 2 is 1.68 bits per heavy atom. The number of nitrogens with zero attached hydrogens (tertiary/aromatic N) is 2. The minimum absolute atomic E-state index is 0.159. The van der Waals surface area contributed by atoms with Crippen LogP contribution in [0, 0.1) is 6.92 Å². The molecule has 0 N–H and O–H groups in total. The van der Waals surface area contributed by atoms with Gasteiger partial charge in [0.05, 0.1) is 12.2 Å². The molecule has 0 saturated carbocycles. The zero-order valence-corrected chi connectivity index (χ0v) is 13.6. The third-order valence-corrected chi connectivity index (χ3v) is 4.17. The van der Waals surface area contributed by atoms with Crippen LogP contribution in [-0.4, -0.2) is 15.9 Å². The summed E-state index contributed by atoms with van der Waals surface area (Å²) in [6.45, 7) is 2.52. The minimum Gasteiger partial charge on any atom is -0.454 e. The van der Waals surface area contributed by atoms with Crippen LogP contribution in [0.2, 0.25) is 0 Å². The third-order valence-electron chi connectivity index (χ3n) is 4.17. The van der Waals surface area contributed by atoms with E-state index in [1.54, 1.807) is 30.6 Å². The molecule has 0 unspecified atom stereocenters. The second-order valence-electron chi connectivity index (χ2n) is 5.93. The first kappa shape index (κ1) is 15.3. The average molecular weight is 336 g/mol. The van der Waals surface area contributed by atoms with Gasteiger partial charge in [-0.25, -0.2) is 0 Å². The molecule has 2 heterocycles. The van der Waals surface area contributed by atoms with Gasteiger partial charge in [-0.1, -0.05) is 29.8 Å². The van der Waals surface area contributed by atoms with Gasteiger partial charge in [0, 0.05) is 18.5 Å². The number of aromatic nitrogens is 2. The monoisotopic (exact) mass is 336 g/mol. The summed E-state index contributed by atoms with van der Waals surface area (Å²) in [5.74, 6) is 1.19. The van der Waals surface area contributed by atoms with Crippen molar-refractivity contribution in [2.75, 3.05) is 6.79 Å². The zero-order chi connectivity index (χ0) is 17.4. The Bertz CT molecular complexity index is 1050. The molecule has 1 aromatic heterocycles. The van der Waals surface area contributed by atoms with E-state index < -0.39 is 11.1 Å². The molecular formula is C19H16N2O4. The predicted molar refractivity (Wildman–Crippen MR) is 92.7 cm³/mol. The fourth-order valence-corrected chi connectivity index (χ4v) is 2.76. The quantitative estimate of drug-likeness (QED) is 0.687. The van der Waals surface area contributed by atoms with Gasteiger partial charge in [0.1, 0.15) is 0 Å². The molecule has 1 aliphatic rings. The van der Waals surface area contributed by atoms with Gasteiger partial charge in [0.15, 0.2) is 11.5 Å². The van der Waals surface area contributed by atoms with Gasteiger partial charge in [-0.3, -0.25) is 14.2 Å².